The molecule has 0 atom stereocenters. The van der Waals surface area contributed by atoms with Crippen molar-refractivity contribution in [3.8, 4) is 0 Å². The van der Waals surface area contributed by atoms with E-state index in [0.29, 0.717) is 0 Å². The van der Waals surface area contributed by atoms with Gasteiger partial charge in [-0.2, -0.15) is 0 Å². The first-order valence-corrected chi connectivity index (χ1v) is 1.43. The third-order valence-electron chi connectivity index (χ3n) is 0. The maximum absolute atomic E-state index is 8.52. The summed E-state index contributed by atoms with van der Waals surface area (Å²) >= 11 is 0. The van der Waals surface area contributed by atoms with Gasteiger partial charge in [-0.25, -0.2) is 0 Å². The van der Waals surface area contributed by atoms with Crippen molar-refractivity contribution in [1.29, 1.82) is 0 Å². The summed E-state index contributed by atoms with van der Waals surface area (Å²) in [6.07, 6.45) is 0. The van der Waals surface area contributed by atoms with Gasteiger partial charge in [0.05, 0.1) is 0 Å². The van der Waals surface area contributed by atoms with Crippen LogP contribution in [0.3, 0.4) is 0 Å². The van der Waals surface area contributed by atoms with Crippen molar-refractivity contribution < 1.29 is 24.8 Å². The van der Waals surface area contributed by atoms with Gasteiger partial charge in [0, 0.05) is 4.66 Å². The SMILES string of the molecule is [O-][Cl+2]([O-])O.[SnH2]. The predicted octanol–water partition coefficient (Wildman–Crippen LogP) is -3.85. The van der Waals surface area contributed by atoms with Crippen LogP contribution in [0.25, 0.3) is 0 Å². The van der Waals surface area contributed by atoms with Crippen LogP contribution in [0.1, 0.15) is 0 Å². The van der Waals surface area contributed by atoms with Gasteiger partial charge in [0.25, 0.3) is 10.8 Å². The van der Waals surface area contributed by atoms with Crippen molar-refractivity contribution >= 4 is 23.9 Å². The molecule has 0 fully saturated rings. The molecule has 0 saturated heterocycles. The van der Waals surface area contributed by atoms with E-state index in [1.807, 2.05) is 0 Å². The molecule has 2 radical (unpaired) electrons. The van der Waals surface area contributed by atoms with E-state index in [4.69, 9.17) is 14.0 Å². The minimum atomic E-state index is -2.60. The van der Waals surface area contributed by atoms with Crippen LogP contribution in [0, 0.1) is 10.8 Å². The summed E-state index contributed by atoms with van der Waals surface area (Å²) in [5.41, 5.74) is 0. The molecule has 5 heavy (non-hydrogen) atoms. The van der Waals surface area contributed by atoms with Gasteiger partial charge < -0.3 is 9.32 Å². The first-order valence-electron chi connectivity index (χ1n) is 0.478. The van der Waals surface area contributed by atoms with E-state index >= 15 is 0 Å². The molecule has 0 aromatic heterocycles. The number of hydrogen-bond donors (Lipinski definition) is 1. The second-order valence-electron chi connectivity index (χ2n) is 0.201. The Labute approximate surface area is 49.0 Å². The molecule has 0 aromatic rings. The maximum atomic E-state index is 8.52. The third kappa shape index (κ3) is 46.7. The van der Waals surface area contributed by atoms with Gasteiger partial charge in [-0.3, -0.25) is 0 Å². The molecule has 0 saturated carbocycles. The molecular weight excluding hydrogens is 202 g/mol. The van der Waals surface area contributed by atoms with Gasteiger partial charge in [0.15, 0.2) is 0 Å². The Kier molecular flexibility index (Phi) is 9.30. The molecule has 0 aliphatic heterocycles. The van der Waals surface area contributed by atoms with E-state index in [9.17, 15) is 0 Å². The molecular formula is H3ClO3Sn. The topological polar surface area (TPSA) is 66.3 Å². The molecule has 0 aliphatic rings. The fourth-order valence-corrected chi connectivity index (χ4v) is 0. The molecule has 0 amide bonds. The minimum absolute atomic E-state index is 0. The molecule has 0 unspecified atom stereocenters. The Bertz CT molecular complexity index is 11.6. The van der Waals surface area contributed by atoms with Gasteiger partial charge in [0.1, 0.15) is 0 Å². The molecule has 5 heteroatoms. The Morgan fingerprint density at radius 2 is 1.40 bits per heavy atom. The molecule has 0 spiro atoms. The van der Waals surface area contributed by atoms with E-state index in [1.54, 1.807) is 0 Å². The predicted molar refractivity (Wildman–Crippen MR) is 10.8 cm³/mol. The molecule has 0 heterocycles. The van der Waals surface area contributed by atoms with Crippen LogP contribution in [0.2, 0.25) is 0 Å². The van der Waals surface area contributed by atoms with Crippen molar-refractivity contribution in [3.05, 3.63) is 0 Å². The Morgan fingerprint density at radius 1 is 1.40 bits per heavy atom. The van der Waals surface area contributed by atoms with Crippen LogP contribution in [0.4, 0.5) is 0 Å². The molecule has 0 bridgehead atoms. The fraction of sp³-hybridized carbons (Fsp3) is 0. The van der Waals surface area contributed by atoms with Crippen molar-refractivity contribution in [2.75, 3.05) is 0 Å². The van der Waals surface area contributed by atoms with Gasteiger partial charge in [0.2, 0.25) is 0 Å². The van der Waals surface area contributed by atoms with E-state index in [2.05, 4.69) is 0 Å². The van der Waals surface area contributed by atoms with Crippen molar-refractivity contribution in [2.45, 2.75) is 0 Å². The van der Waals surface area contributed by atoms with Crippen LogP contribution < -0.4 is 9.32 Å². The Balaban J connectivity index is 0. The van der Waals surface area contributed by atoms with Gasteiger partial charge in [-0.15, -0.1) is 0 Å². The zero-order valence-electron chi connectivity index (χ0n) is 2.35. The summed E-state index contributed by atoms with van der Waals surface area (Å²) in [4.78, 5) is 0. The first kappa shape index (κ1) is 9.36. The second-order valence-corrected chi connectivity index (χ2v) is 0.603. The van der Waals surface area contributed by atoms with Crippen LogP contribution in [-0.4, -0.2) is 28.6 Å². The standard InChI is InChI=1S/ClHO3.Sn.2H/c2-1(3)4;;;/h2H;;;. The summed E-state index contributed by atoms with van der Waals surface area (Å²) in [5, 5.41) is 0. The van der Waals surface area contributed by atoms with Crippen LogP contribution >= 0.6 is 0 Å². The average Bonchev–Trinajstić information content (AvgIpc) is 0.811. The second kappa shape index (κ2) is 4.97. The van der Waals surface area contributed by atoms with E-state index < -0.39 is 10.8 Å². The van der Waals surface area contributed by atoms with E-state index in [0.717, 1.165) is 0 Å². The average molecular weight is 205 g/mol. The molecule has 0 aliphatic carbocycles. The summed E-state index contributed by atoms with van der Waals surface area (Å²) in [7, 11) is -2.60. The summed E-state index contributed by atoms with van der Waals surface area (Å²) in [6, 6.07) is 0. The van der Waals surface area contributed by atoms with Crippen molar-refractivity contribution in [1.82, 2.24) is 0 Å². The van der Waals surface area contributed by atoms with Crippen molar-refractivity contribution in [3.63, 3.8) is 0 Å². The van der Waals surface area contributed by atoms with Crippen LogP contribution in [0.15, 0.2) is 0 Å². The fourth-order valence-electron chi connectivity index (χ4n) is 0. The molecule has 1 N–H and O–H groups in total. The van der Waals surface area contributed by atoms with Gasteiger partial charge in [-0.05, 0) is 0 Å². The van der Waals surface area contributed by atoms with E-state index in [1.165, 1.54) is 0 Å². The number of hydrogen-bond acceptors (Lipinski definition) is 3. The van der Waals surface area contributed by atoms with Gasteiger partial charge in [-0.1, -0.05) is 0 Å². The monoisotopic (exact) mass is 206 g/mol. The van der Waals surface area contributed by atoms with E-state index in [-0.39, 0.29) is 23.9 Å². The molecule has 0 aromatic carbocycles. The molecule has 0 rings (SSSR count). The Hall–Kier alpha value is 0.969. The summed E-state index contributed by atoms with van der Waals surface area (Å²) < 4.78 is 24.0. The number of halogens is 1. The van der Waals surface area contributed by atoms with Crippen LogP contribution in [-0.2, 0) is 0 Å². The molecule has 32 valence electrons. The number of rotatable bonds is 0. The Morgan fingerprint density at radius 3 is 1.40 bits per heavy atom. The normalized spacial score (nSPS) is 7.20. The van der Waals surface area contributed by atoms with Gasteiger partial charge >= 0.3 is 23.9 Å². The zero-order valence-corrected chi connectivity index (χ0v) is 7.14. The summed E-state index contributed by atoms with van der Waals surface area (Å²) in [5.74, 6) is 0. The molecule has 3 nitrogen and oxygen atoms in total. The zero-order chi connectivity index (χ0) is 3.58. The quantitative estimate of drug-likeness (QED) is 0.412. The van der Waals surface area contributed by atoms with Crippen LogP contribution in [0.5, 0.6) is 0 Å². The first-order chi connectivity index (χ1) is 1.73. The third-order valence-corrected chi connectivity index (χ3v) is 0. The summed E-state index contributed by atoms with van der Waals surface area (Å²) in [6.45, 7) is 0. The van der Waals surface area contributed by atoms with Crippen molar-refractivity contribution in [2.24, 2.45) is 0 Å².